The third-order valence-corrected chi connectivity index (χ3v) is 7.93. The molecule has 0 aliphatic carbocycles. The van der Waals surface area contributed by atoms with Gasteiger partial charge in [-0.3, -0.25) is 4.79 Å². The smallest absolute Gasteiger partial charge is 0.216 e. The normalized spacial score (nSPS) is 20.3. The predicted octanol–water partition coefficient (Wildman–Crippen LogP) is 4.99. The van der Waals surface area contributed by atoms with Crippen LogP contribution in [0.1, 0.15) is 54.8 Å². The molecule has 2 aromatic carbocycles. The van der Waals surface area contributed by atoms with Crippen LogP contribution in [0.4, 0.5) is 8.78 Å². The van der Waals surface area contributed by atoms with Gasteiger partial charge in [0.25, 0.3) is 0 Å². The van der Waals surface area contributed by atoms with E-state index in [-0.39, 0.29) is 23.8 Å². The zero-order chi connectivity index (χ0) is 27.3. The third-order valence-electron chi connectivity index (χ3n) is 7.16. The van der Waals surface area contributed by atoms with E-state index in [0.29, 0.717) is 42.2 Å². The van der Waals surface area contributed by atoms with E-state index in [4.69, 9.17) is 9.26 Å². The first-order chi connectivity index (χ1) is 18.3. The van der Waals surface area contributed by atoms with Crippen molar-refractivity contribution in [3.63, 3.8) is 0 Å². The Morgan fingerprint density at radius 1 is 1.32 bits per heavy atom. The van der Waals surface area contributed by atoms with E-state index in [1.165, 1.54) is 13.0 Å². The summed E-state index contributed by atoms with van der Waals surface area (Å²) in [7, 11) is 1.66. The molecule has 4 rings (SSSR count). The molecule has 10 heteroatoms. The first kappa shape index (κ1) is 28.4. The number of rotatable bonds is 10. The van der Waals surface area contributed by atoms with Gasteiger partial charge in [0.05, 0.1) is 10.4 Å². The Balaban J connectivity index is 1.72. The average Bonchev–Trinajstić information content (AvgIpc) is 3.28. The molecular formula is C28H32BrF2N3O4. The minimum Gasteiger partial charge on any atom is -0.385 e. The van der Waals surface area contributed by atoms with Crippen LogP contribution in [0.5, 0.6) is 0 Å². The lowest BCUT2D eigenvalue weighted by Gasteiger charge is -2.40. The van der Waals surface area contributed by atoms with Gasteiger partial charge in [0.15, 0.2) is 17.4 Å². The second-order valence-corrected chi connectivity index (χ2v) is 10.4. The van der Waals surface area contributed by atoms with Gasteiger partial charge in [0, 0.05) is 45.2 Å². The van der Waals surface area contributed by atoms with E-state index >= 15 is 0 Å². The van der Waals surface area contributed by atoms with E-state index in [9.17, 15) is 18.7 Å². The van der Waals surface area contributed by atoms with Crippen LogP contribution >= 0.6 is 15.9 Å². The molecule has 1 fully saturated rings. The number of halogens is 3. The van der Waals surface area contributed by atoms with Gasteiger partial charge in [-0.2, -0.15) is 0 Å². The van der Waals surface area contributed by atoms with E-state index in [1.54, 1.807) is 7.11 Å². The van der Waals surface area contributed by atoms with Crippen molar-refractivity contribution < 1.29 is 27.9 Å². The Kier molecular flexibility index (Phi) is 9.30. The molecule has 38 heavy (non-hydrogen) atoms. The summed E-state index contributed by atoms with van der Waals surface area (Å²) >= 11 is 3.66. The van der Waals surface area contributed by atoms with Crippen molar-refractivity contribution in [2.24, 2.45) is 0 Å². The van der Waals surface area contributed by atoms with Crippen molar-refractivity contribution in [3.05, 3.63) is 75.4 Å². The molecule has 0 spiro atoms. The summed E-state index contributed by atoms with van der Waals surface area (Å²) in [5, 5.41) is 22.3. The lowest BCUT2D eigenvalue weighted by atomic mass is 9.75. The quantitative estimate of drug-likeness (QED) is 0.287. The molecule has 0 bridgehead atoms. The molecule has 7 nitrogen and oxygen atoms in total. The molecule has 0 unspecified atom stereocenters. The molecule has 3 N–H and O–H groups in total. The highest BCUT2D eigenvalue weighted by Crippen LogP contribution is 2.46. The molecule has 3 atom stereocenters. The molecule has 1 aliphatic rings. The Bertz CT molecular complexity index is 1270. The van der Waals surface area contributed by atoms with Crippen molar-refractivity contribution >= 4 is 21.8 Å². The molecule has 1 amide bonds. The standard InChI is InChI=1S/C28H32BrF2N3O4/c1-17(35)33-15-18(6-5-13-37-2)20-7-3-4-8-21(20)27-25(29)26(34-38-27)22-16-32-12-11-28(22,36)19-9-10-23(30)24(31)14-19/h3-4,7-10,14,18,22,32,36H,5-6,11-13,15-16H2,1-2H3,(H,33,35)/t18-,22+,28-/m0/s1. The Hall–Kier alpha value is -2.66. The Labute approximate surface area is 229 Å². The summed E-state index contributed by atoms with van der Waals surface area (Å²) in [6.45, 7) is 3.42. The number of piperidine rings is 1. The van der Waals surface area contributed by atoms with Gasteiger partial charge in [-0.05, 0) is 65.0 Å². The highest BCUT2D eigenvalue weighted by atomic mass is 79.9. The molecule has 1 aliphatic heterocycles. The van der Waals surface area contributed by atoms with Gasteiger partial charge < -0.3 is 25.0 Å². The maximum absolute atomic E-state index is 14.1. The van der Waals surface area contributed by atoms with Gasteiger partial charge >= 0.3 is 0 Å². The van der Waals surface area contributed by atoms with Crippen LogP contribution in [-0.2, 0) is 15.1 Å². The second-order valence-electron chi connectivity index (χ2n) is 9.63. The maximum atomic E-state index is 14.1. The number of carbonyl (C=O) groups excluding carboxylic acids is 1. The summed E-state index contributed by atoms with van der Waals surface area (Å²) in [6.07, 6.45) is 1.88. The topological polar surface area (TPSA) is 96.6 Å². The number of amides is 1. The fourth-order valence-electron chi connectivity index (χ4n) is 5.15. The van der Waals surface area contributed by atoms with Crippen molar-refractivity contribution in [3.8, 4) is 11.3 Å². The summed E-state index contributed by atoms with van der Waals surface area (Å²) < 4.78 is 39.4. The molecular weight excluding hydrogens is 560 g/mol. The number of nitrogens with one attached hydrogen (secondary N) is 2. The minimum absolute atomic E-state index is 0.00108. The zero-order valence-corrected chi connectivity index (χ0v) is 23.0. The maximum Gasteiger partial charge on any atom is 0.216 e. The van der Waals surface area contributed by atoms with Crippen molar-refractivity contribution in [1.29, 1.82) is 0 Å². The van der Waals surface area contributed by atoms with E-state index in [1.807, 2.05) is 24.3 Å². The lowest BCUT2D eigenvalue weighted by Crippen LogP contribution is -2.47. The molecule has 0 saturated carbocycles. The van der Waals surface area contributed by atoms with Crippen LogP contribution in [0.15, 0.2) is 51.5 Å². The number of aliphatic hydroxyl groups is 1. The van der Waals surface area contributed by atoms with Gasteiger partial charge in [-0.15, -0.1) is 0 Å². The van der Waals surface area contributed by atoms with E-state index in [0.717, 1.165) is 36.1 Å². The predicted molar refractivity (Wildman–Crippen MR) is 143 cm³/mol. The monoisotopic (exact) mass is 591 g/mol. The molecule has 0 radical (unpaired) electrons. The van der Waals surface area contributed by atoms with Crippen molar-refractivity contribution in [1.82, 2.24) is 15.8 Å². The SMILES string of the molecule is COCCC[C@@H](CNC(C)=O)c1ccccc1-c1onc([C@H]2CNCC[C@]2(O)c2ccc(F)c(F)c2)c1Br. The van der Waals surface area contributed by atoms with Crippen LogP contribution in [-0.4, -0.2) is 49.5 Å². The molecule has 3 aromatic rings. The first-order valence-electron chi connectivity index (χ1n) is 12.6. The largest absolute Gasteiger partial charge is 0.385 e. The minimum atomic E-state index is -1.48. The van der Waals surface area contributed by atoms with E-state index < -0.39 is 23.2 Å². The highest BCUT2D eigenvalue weighted by Gasteiger charge is 2.45. The van der Waals surface area contributed by atoms with E-state index in [2.05, 4.69) is 31.7 Å². The van der Waals surface area contributed by atoms with Gasteiger partial charge in [-0.1, -0.05) is 35.5 Å². The molecule has 204 valence electrons. The van der Waals surface area contributed by atoms with Crippen LogP contribution in [0.2, 0.25) is 0 Å². The second kappa shape index (κ2) is 12.5. The number of ether oxygens (including phenoxy) is 1. The Morgan fingerprint density at radius 3 is 2.84 bits per heavy atom. The number of benzene rings is 2. The summed E-state index contributed by atoms with van der Waals surface area (Å²) in [5.74, 6) is -2.18. The van der Waals surface area contributed by atoms with Gasteiger partial charge in [-0.25, -0.2) is 8.78 Å². The number of aromatic nitrogens is 1. The fraction of sp³-hybridized carbons (Fsp3) is 0.429. The molecule has 1 saturated heterocycles. The van der Waals surface area contributed by atoms with Crippen LogP contribution < -0.4 is 10.6 Å². The highest BCUT2D eigenvalue weighted by molar-refractivity contribution is 9.10. The number of hydrogen-bond donors (Lipinski definition) is 3. The summed E-state index contributed by atoms with van der Waals surface area (Å²) in [6, 6.07) is 11.3. The van der Waals surface area contributed by atoms with Crippen molar-refractivity contribution in [2.75, 3.05) is 33.4 Å². The molecule has 1 aromatic heterocycles. The third kappa shape index (κ3) is 5.98. The Morgan fingerprint density at radius 2 is 2.11 bits per heavy atom. The summed E-state index contributed by atoms with van der Waals surface area (Å²) in [4.78, 5) is 11.7. The lowest BCUT2D eigenvalue weighted by molar-refractivity contribution is -0.119. The van der Waals surface area contributed by atoms with Gasteiger partial charge in [0.1, 0.15) is 11.3 Å². The molecule has 2 heterocycles. The first-order valence-corrected chi connectivity index (χ1v) is 13.4. The summed E-state index contributed by atoms with van der Waals surface area (Å²) in [5.41, 5.74) is 1.08. The van der Waals surface area contributed by atoms with Gasteiger partial charge in [0.2, 0.25) is 5.91 Å². The van der Waals surface area contributed by atoms with Crippen molar-refractivity contribution in [2.45, 2.75) is 43.6 Å². The van der Waals surface area contributed by atoms with Crippen LogP contribution in [0.3, 0.4) is 0 Å². The zero-order valence-electron chi connectivity index (χ0n) is 21.4. The number of hydrogen-bond acceptors (Lipinski definition) is 6. The number of nitrogens with zero attached hydrogens (tertiary/aromatic N) is 1. The fourth-order valence-corrected chi connectivity index (χ4v) is 5.78. The van der Waals surface area contributed by atoms with Crippen LogP contribution in [0.25, 0.3) is 11.3 Å². The van der Waals surface area contributed by atoms with Crippen LogP contribution in [0, 0.1) is 11.6 Å². The average molecular weight is 592 g/mol. The number of methoxy groups -OCH3 is 1. The number of carbonyl (C=O) groups is 1.